The van der Waals surface area contributed by atoms with Crippen molar-refractivity contribution in [3.8, 4) is 0 Å². The fraction of sp³-hybridized carbons (Fsp3) is 0.263. The molecule has 11 heteroatoms. The number of alkyl halides is 3. The van der Waals surface area contributed by atoms with Gasteiger partial charge in [0.05, 0.1) is 17.9 Å². The van der Waals surface area contributed by atoms with Crippen LogP contribution in [0.15, 0.2) is 65.6 Å². The van der Waals surface area contributed by atoms with Crippen LogP contribution in [-0.4, -0.2) is 38.7 Å². The van der Waals surface area contributed by atoms with Gasteiger partial charge in [0.15, 0.2) is 0 Å². The second-order valence-corrected chi connectivity index (χ2v) is 7.78. The van der Waals surface area contributed by atoms with Gasteiger partial charge in [-0.25, -0.2) is 13.2 Å². The van der Waals surface area contributed by atoms with Crippen LogP contribution >= 0.6 is 0 Å². The van der Waals surface area contributed by atoms with Crippen molar-refractivity contribution in [1.82, 2.24) is 10.0 Å². The quantitative estimate of drug-likeness (QED) is 0.480. The number of benzene rings is 2. The average Bonchev–Trinajstić information content (AvgIpc) is 2.68. The molecule has 0 bridgehead atoms. The van der Waals surface area contributed by atoms with E-state index in [0.717, 1.165) is 12.1 Å². The summed E-state index contributed by atoms with van der Waals surface area (Å²) in [6.45, 7) is 0.773. The average molecular weight is 444 g/mol. The molecule has 1 atom stereocenters. The van der Waals surface area contributed by atoms with Crippen LogP contribution in [0.25, 0.3) is 0 Å². The van der Waals surface area contributed by atoms with Crippen molar-refractivity contribution in [3.05, 3.63) is 66.2 Å². The number of nitrogens with one attached hydrogen (secondary N) is 2. The largest absolute Gasteiger partial charge is 0.463 e. The summed E-state index contributed by atoms with van der Waals surface area (Å²) in [5.41, 5.74) is -3.65. The molecule has 0 aliphatic rings. The van der Waals surface area contributed by atoms with Crippen molar-refractivity contribution in [3.63, 3.8) is 0 Å². The molecular weight excluding hydrogens is 425 g/mol. The van der Waals surface area contributed by atoms with E-state index >= 15 is 0 Å². The van der Waals surface area contributed by atoms with Gasteiger partial charge >= 0.3 is 17.8 Å². The molecule has 30 heavy (non-hydrogen) atoms. The van der Waals surface area contributed by atoms with Crippen LogP contribution in [0.2, 0.25) is 0 Å². The van der Waals surface area contributed by atoms with Gasteiger partial charge in [0.2, 0.25) is 15.9 Å². The SMILES string of the molecule is CCOC(=O)[C@](NC(=O)Cc1ccccc1)(NS(=O)(=O)c1ccccc1)C(F)(F)F. The summed E-state index contributed by atoms with van der Waals surface area (Å²) >= 11 is 0. The Morgan fingerprint density at radius 3 is 2.00 bits per heavy atom. The third kappa shape index (κ3) is 5.36. The Morgan fingerprint density at radius 2 is 1.50 bits per heavy atom. The van der Waals surface area contributed by atoms with Crippen LogP contribution in [0.5, 0.6) is 0 Å². The number of amides is 1. The van der Waals surface area contributed by atoms with Crippen LogP contribution in [-0.2, 0) is 30.8 Å². The maximum atomic E-state index is 14.1. The van der Waals surface area contributed by atoms with Crippen molar-refractivity contribution in [2.45, 2.75) is 30.1 Å². The van der Waals surface area contributed by atoms with E-state index in [-0.39, 0.29) is 0 Å². The molecular formula is C19H19F3N2O5S. The smallest absolute Gasteiger partial charge is 0.437 e. The zero-order valence-electron chi connectivity index (χ0n) is 15.8. The van der Waals surface area contributed by atoms with Crippen LogP contribution in [0, 0.1) is 0 Å². The minimum absolute atomic E-state index is 0.362. The highest BCUT2D eigenvalue weighted by atomic mass is 32.2. The molecule has 0 fully saturated rings. The summed E-state index contributed by atoms with van der Waals surface area (Å²) < 4.78 is 73.1. The van der Waals surface area contributed by atoms with E-state index in [1.54, 1.807) is 18.2 Å². The van der Waals surface area contributed by atoms with Gasteiger partial charge in [0.1, 0.15) is 0 Å². The maximum Gasteiger partial charge on any atom is 0.437 e. The molecule has 2 rings (SSSR count). The molecule has 0 aromatic heterocycles. The lowest BCUT2D eigenvalue weighted by molar-refractivity contribution is -0.217. The maximum absolute atomic E-state index is 14.1. The number of carbonyl (C=O) groups excluding carboxylic acids is 2. The second kappa shape index (κ2) is 9.26. The molecule has 0 saturated heterocycles. The lowest BCUT2D eigenvalue weighted by atomic mass is 10.1. The number of halogens is 3. The fourth-order valence-electron chi connectivity index (χ4n) is 2.50. The van der Waals surface area contributed by atoms with E-state index in [0.29, 0.717) is 5.56 Å². The number of hydrogen-bond acceptors (Lipinski definition) is 5. The third-order valence-electron chi connectivity index (χ3n) is 3.88. The van der Waals surface area contributed by atoms with E-state index in [4.69, 9.17) is 0 Å². The highest BCUT2D eigenvalue weighted by Crippen LogP contribution is 2.31. The van der Waals surface area contributed by atoms with Crippen LogP contribution in [0.3, 0.4) is 0 Å². The number of carbonyl (C=O) groups is 2. The third-order valence-corrected chi connectivity index (χ3v) is 5.35. The highest BCUT2D eigenvalue weighted by Gasteiger charge is 2.65. The summed E-state index contributed by atoms with van der Waals surface area (Å²) in [6, 6.07) is 13.9. The van der Waals surface area contributed by atoms with Gasteiger partial charge < -0.3 is 10.1 Å². The Labute approximate surface area is 171 Å². The number of ether oxygens (including phenoxy) is 1. The van der Waals surface area contributed by atoms with Crippen molar-refractivity contribution in [2.75, 3.05) is 6.61 Å². The van der Waals surface area contributed by atoms with Crippen LogP contribution < -0.4 is 10.0 Å². The predicted molar refractivity (Wildman–Crippen MR) is 100 cm³/mol. The minimum Gasteiger partial charge on any atom is -0.463 e. The first-order valence-electron chi connectivity index (χ1n) is 8.70. The minimum atomic E-state index is -5.55. The molecule has 2 N–H and O–H groups in total. The topological polar surface area (TPSA) is 102 Å². The molecule has 0 spiro atoms. The monoisotopic (exact) mass is 444 g/mol. The summed E-state index contributed by atoms with van der Waals surface area (Å²) in [5, 5.41) is 1.50. The Hall–Kier alpha value is -2.92. The predicted octanol–water partition coefficient (Wildman–Crippen LogP) is 2.15. The van der Waals surface area contributed by atoms with Gasteiger partial charge in [0.25, 0.3) is 0 Å². The van der Waals surface area contributed by atoms with Crippen LogP contribution in [0.1, 0.15) is 12.5 Å². The standard InChI is InChI=1S/C19H19F3N2O5S/c1-2-29-17(26)18(19(20,21)22,23-16(25)13-14-9-5-3-6-10-14)24-30(27,28)15-11-7-4-8-12-15/h3-12,24H,2,13H2,1H3,(H,23,25)/t18-/m0/s1. The molecule has 162 valence electrons. The number of rotatable bonds is 8. The van der Waals surface area contributed by atoms with Crippen molar-refractivity contribution < 1.29 is 35.9 Å². The lowest BCUT2D eigenvalue weighted by Gasteiger charge is -2.34. The Bertz CT molecular complexity index is 982. The molecule has 2 aromatic rings. The van der Waals surface area contributed by atoms with E-state index in [2.05, 4.69) is 4.74 Å². The number of hydrogen-bond donors (Lipinski definition) is 2. The molecule has 0 heterocycles. The fourth-order valence-corrected chi connectivity index (χ4v) is 3.78. The molecule has 0 aliphatic heterocycles. The first kappa shape index (κ1) is 23.4. The second-order valence-electron chi connectivity index (χ2n) is 6.10. The summed E-state index contributed by atoms with van der Waals surface area (Å²) in [6.07, 6.45) is -6.07. The highest BCUT2D eigenvalue weighted by molar-refractivity contribution is 7.89. The van der Waals surface area contributed by atoms with Gasteiger partial charge in [-0.15, -0.1) is 0 Å². The van der Waals surface area contributed by atoms with Gasteiger partial charge in [-0.1, -0.05) is 48.5 Å². The van der Waals surface area contributed by atoms with E-state index in [9.17, 15) is 31.2 Å². The van der Waals surface area contributed by atoms with Gasteiger partial charge in [-0.2, -0.15) is 17.9 Å². The Kier molecular flexibility index (Phi) is 7.21. The van der Waals surface area contributed by atoms with Crippen molar-refractivity contribution >= 4 is 21.9 Å². The molecule has 1 amide bonds. The number of esters is 1. The Balaban J connectivity index is 2.47. The molecule has 2 aromatic carbocycles. The zero-order valence-corrected chi connectivity index (χ0v) is 16.6. The molecule has 0 unspecified atom stereocenters. The first-order valence-corrected chi connectivity index (χ1v) is 10.2. The van der Waals surface area contributed by atoms with Gasteiger partial charge in [-0.3, -0.25) is 4.79 Å². The summed E-state index contributed by atoms with van der Waals surface area (Å²) in [4.78, 5) is 24.1. The van der Waals surface area contributed by atoms with Crippen molar-refractivity contribution in [1.29, 1.82) is 0 Å². The molecule has 0 radical (unpaired) electrons. The normalized spacial score (nSPS) is 13.9. The van der Waals surface area contributed by atoms with E-state index in [1.165, 1.54) is 47.3 Å². The van der Waals surface area contributed by atoms with E-state index < -0.39 is 51.7 Å². The number of sulfonamides is 1. The molecule has 0 aliphatic carbocycles. The summed E-state index contributed by atoms with van der Waals surface area (Å²) in [5.74, 6) is -3.24. The molecule has 0 saturated carbocycles. The lowest BCUT2D eigenvalue weighted by Crippen LogP contribution is -2.73. The Morgan fingerprint density at radius 1 is 0.967 bits per heavy atom. The van der Waals surface area contributed by atoms with Crippen molar-refractivity contribution in [2.24, 2.45) is 0 Å². The van der Waals surface area contributed by atoms with Gasteiger partial charge in [-0.05, 0) is 24.6 Å². The van der Waals surface area contributed by atoms with Crippen LogP contribution in [0.4, 0.5) is 13.2 Å². The summed E-state index contributed by atoms with van der Waals surface area (Å²) in [7, 11) is -4.87. The van der Waals surface area contributed by atoms with Gasteiger partial charge in [0, 0.05) is 0 Å². The van der Waals surface area contributed by atoms with E-state index in [1.807, 2.05) is 0 Å². The zero-order chi connectivity index (χ0) is 22.4. The molecule has 7 nitrogen and oxygen atoms in total. The first-order chi connectivity index (χ1) is 14.0.